The van der Waals surface area contributed by atoms with Gasteiger partial charge in [0, 0.05) is 18.8 Å². The molecule has 1 saturated heterocycles. The van der Waals surface area contributed by atoms with Crippen LogP contribution in [0.25, 0.3) is 0 Å². The third kappa shape index (κ3) is 3.28. The van der Waals surface area contributed by atoms with E-state index in [4.69, 9.17) is 10.5 Å². The van der Waals surface area contributed by atoms with E-state index in [-0.39, 0.29) is 5.60 Å². The van der Waals surface area contributed by atoms with Gasteiger partial charge in [-0.05, 0) is 37.8 Å². The summed E-state index contributed by atoms with van der Waals surface area (Å²) in [4.78, 5) is 15.3. The van der Waals surface area contributed by atoms with Gasteiger partial charge < -0.3 is 15.8 Å². The average molecular weight is 277 g/mol. The zero-order valence-electron chi connectivity index (χ0n) is 12.2. The predicted octanol–water partition coefficient (Wildman–Crippen LogP) is 2.33. The number of nitrogens with zero attached hydrogens (tertiary/aromatic N) is 1. The van der Waals surface area contributed by atoms with Gasteiger partial charge in [0.15, 0.2) is 0 Å². The van der Waals surface area contributed by atoms with Crippen LogP contribution in [0.15, 0.2) is 18.3 Å². The van der Waals surface area contributed by atoms with Gasteiger partial charge in [0.1, 0.15) is 5.82 Å². The maximum Gasteiger partial charge on any atom is 0.250 e. The van der Waals surface area contributed by atoms with Crippen molar-refractivity contribution in [2.24, 2.45) is 5.73 Å². The lowest BCUT2D eigenvalue weighted by Crippen LogP contribution is -2.43. The van der Waals surface area contributed by atoms with Gasteiger partial charge >= 0.3 is 0 Å². The maximum absolute atomic E-state index is 11.0. The molecule has 0 aromatic carbocycles. The number of nitrogens with two attached hydrogens (primary N) is 1. The molecule has 5 nitrogen and oxygen atoms in total. The van der Waals surface area contributed by atoms with E-state index in [9.17, 15) is 4.79 Å². The standard InChI is InChI=1S/C15H23N3O2/c1-3-15(4-2)9-12(7-8-20-15)18-13-6-5-11(10-17-13)14(16)19/h5-6,10,12H,3-4,7-9H2,1-2H3,(H2,16,19)(H,17,18). The number of anilines is 1. The molecule has 2 rings (SSSR count). The topological polar surface area (TPSA) is 77.2 Å². The summed E-state index contributed by atoms with van der Waals surface area (Å²) < 4.78 is 5.96. The summed E-state index contributed by atoms with van der Waals surface area (Å²) in [6.07, 6.45) is 5.52. The number of primary amides is 1. The Balaban J connectivity index is 2.00. The fourth-order valence-electron chi connectivity index (χ4n) is 2.73. The zero-order valence-corrected chi connectivity index (χ0v) is 12.2. The van der Waals surface area contributed by atoms with Crippen LogP contribution in [0.5, 0.6) is 0 Å². The summed E-state index contributed by atoms with van der Waals surface area (Å²) in [5.74, 6) is 0.328. The molecular weight excluding hydrogens is 254 g/mol. The molecule has 1 fully saturated rings. The number of aromatic nitrogens is 1. The summed E-state index contributed by atoms with van der Waals surface area (Å²) >= 11 is 0. The molecule has 1 aliphatic heterocycles. The van der Waals surface area contributed by atoms with Gasteiger partial charge in [-0.1, -0.05) is 13.8 Å². The Morgan fingerprint density at radius 2 is 2.25 bits per heavy atom. The highest BCUT2D eigenvalue weighted by Gasteiger charge is 2.34. The molecule has 2 heterocycles. The molecular formula is C15H23N3O2. The molecule has 1 aromatic heterocycles. The van der Waals surface area contributed by atoms with Gasteiger partial charge in [-0.3, -0.25) is 4.79 Å². The number of amides is 1. The van der Waals surface area contributed by atoms with E-state index < -0.39 is 5.91 Å². The van der Waals surface area contributed by atoms with Crippen LogP contribution in [0, 0.1) is 0 Å². The number of hydrogen-bond donors (Lipinski definition) is 2. The van der Waals surface area contributed by atoms with Gasteiger partial charge in [0.25, 0.3) is 0 Å². The van der Waals surface area contributed by atoms with E-state index in [1.165, 1.54) is 6.20 Å². The highest BCUT2D eigenvalue weighted by Crippen LogP contribution is 2.32. The molecule has 1 atom stereocenters. The maximum atomic E-state index is 11.0. The van der Waals surface area contributed by atoms with Crippen LogP contribution in [-0.4, -0.2) is 29.1 Å². The van der Waals surface area contributed by atoms with Crippen molar-refractivity contribution in [3.8, 4) is 0 Å². The third-order valence-electron chi connectivity index (χ3n) is 4.18. The van der Waals surface area contributed by atoms with Gasteiger partial charge in [0.2, 0.25) is 5.91 Å². The van der Waals surface area contributed by atoms with E-state index in [1.54, 1.807) is 12.1 Å². The first-order valence-corrected chi connectivity index (χ1v) is 7.25. The molecule has 1 aliphatic rings. The fraction of sp³-hybridized carbons (Fsp3) is 0.600. The SMILES string of the molecule is CCC1(CC)CC(Nc2ccc(C(N)=O)cn2)CCO1. The van der Waals surface area contributed by atoms with Crippen LogP contribution in [0.4, 0.5) is 5.82 Å². The van der Waals surface area contributed by atoms with E-state index >= 15 is 0 Å². The van der Waals surface area contributed by atoms with Crippen molar-refractivity contribution in [2.45, 2.75) is 51.2 Å². The van der Waals surface area contributed by atoms with Crippen LogP contribution in [0.1, 0.15) is 49.9 Å². The highest BCUT2D eigenvalue weighted by atomic mass is 16.5. The predicted molar refractivity (Wildman–Crippen MR) is 78.7 cm³/mol. The second-order valence-corrected chi connectivity index (χ2v) is 5.37. The van der Waals surface area contributed by atoms with Gasteiger partial charge in [-0.25, -0.2) is 4.98 Å². The normalized spacial score (nSPS) is 21.4. The van der Waals surface area contributed by atoms with E-state index in [2.05, 4.69) is 24.1 Å². The first-order chi connectivity index (χ1) is 9.58. The molecule has 0 radical (unpaired) electrons. The molecule has 5 heteroatoms. The summed E-state index contributed by atoms with van der Waals surface area (Å²) in [6, 6.07) is 3.86. The first kappa shape index (κ1) is 14.8. The van der Waals surface area contributed by atoms with Crippen molar-refractivity contribution in [3.63, 3.8) is 0 Å². The van der Waals surface area contributed by atoms with Crippen molar-refractivity contribution in [2.75, 3.05) is 11.9 Å². The Morgan fingerprint density at radius 3 is 2.80 bits per heavy atom. The lowest BCUT2D eigenvalue weighted by molar-refractivity contribution is -0.0864. The Kier molecular flexibility index (Phi) is 4.60. The molecule has 0 spiro atoms. The largest absolute Gasteiger partial charge is 0.375 e. The van der Waals surface area contributed by atoms with Gasteiger partial charge in [-0.2, -0.15) is 0 Å². The van der Waals surface area contributed by atoms with Crippen molar-refractivity contribution in [1.82, 2.24) is 4.98 Å². The summed E-state index contributed by atoms with van der Waals surface area (Å²) in [6.45, 7) is 5.12. The van der Waals surface area contributed by atoms with Crippen molar-refractivity contribution >= 4 is 11.7 Å². The molecule has 3 N–H and O–H groups in total. The number of carbonyl (C=O) groups is 1. The minimum absolute atomic E-state index is 0.0108. The third-order valence-corrected chi connectivity index (χ3v) is 4.18. The molecule has 1 unspecified atom stereocenters. The van der Waals surface area contributed by atoms with Gasteiger partial charge in [-0.15, -0.1) is 0 Å². The van der Waals surface area contributed by atoms with Crippen LogP contribution in [-0.2, 0) is 4.74 Å². The highest BCUT2D eigenvalue weighted by molar-refractivity contribution is 5.92. The summed E-state index contributed by atoms with van der Waals surface area (Å²) in [5, 5.41) is 3.43. The van der Waals surface area contributed by atoms with Gasteiger partial charge in [0.05, 0.1) is 11.2 Å². The van der Waals surface area contributed by atoms with E-state index in [0.29, 0.717) is 11.6 Å². The molecule has 110 valence electrons. The fourth-order valence-corrected chi connectivity index (χ4v) is 2.73. The number of hydrogen-bond acceptors (Lipinski definition) is 4. The number of nitrogens with one attached hydrogen (secondary N) is 1. The average Bonchev–Trinajstić information content (AvgIpc) is 2.48. The smallest absolute Gasteiger partial charge is 0.250 e. The minimum atomic E-state index is -0.453. The van der Waals surface area contributed by atoms with Crippen LogP contribution < -0.4 is 11.1 Å². The van der Waals surface area contributed by atoms with Crippen LogP contribution in [0.3, 0.4) is 0 Å². The lowest BCUT2D eigenvalue weighted by atomic mass is 9.86. The monoisotopic (exact) mass is 277 g/mol. The Bertz CT molecular complexity index is 455. The quantitative estimate of drug-likeness (QED) is 0.866. The zero-order chi connectivity index (χ0) is 14.6. The number of ether oxygens (including phenoxy) is 1. The van der Waals surface area contributed by atoms with Crippen molar-refractivity contribution in [1.29, 1.82) is 0 Å². The molecule has 1 amide bonds. The molecule has 0 saturated carbocycles. The molecule has 1 aromatic rings. The Labute approximate surface area is 119 Å². The second kappa shape index (κ2) is 6.22. The van der Waals surface area contributed by atoms with Crippen molar-refractivity contribution in [3.05, 3.63) is 23.9 Å². The Morgan fingerprint density at radius 1 is 1.50 bits per heavy atom. The van der Waals surface area contributed by atoms with Crippen LogP contribution >= 0.6 is 0 Å². The summed E-state index contributed by atoms with van der Waals surface area (Å²) in [5.41, 5.74) is 5.62. The Hall–Kier alpha value is -1.62. The number of carbonyl (C=O) groups excluding carboxylic acids is 1. The molecule has 20 heavy (non-hydrogen) atoms. The second-order valence-electron chi connectivity index (χ2n) is 5.37. The summed E-state index contributed by atoms with van der Waals surface area (Å²) in [7, 11) is 0. The van der Waals surface area contributed by atoms with Crippen molar-refractivity contribution < 1.29 is 9.53 Å². The molecule has 0 bridgehead atoms. The minimum Gasteiger partial charge on any atom is -0.375 e. The number of rotatable bonds is 5. The van der Waals surface area contributed by atoms with E-state index in [1.807, 2.05) is 0 Å². The van der Waals surface area contributed by atoms with Crippen LogP contribution in [0.2, 0.25) is 0 Å². The first-order valence-electron chi connectivity index (χ1n) is 7.25. The lowest BCUT2D eigenvalue weighted by Gasteiger charge is -2.40. The van der Waals surface area contributed by atoms with E-state index in [0.717, 1.165) is 38.1 Å². The molecule has 0 aliphatic carbocycles. The number of pyridine rings is 1.